The van der Waals surface area contributed by atoms with Crippen molar-refractivity contribution in [2.24, 2.45) is 17.3 Å². The lowest BCUT2D eigenvalue weighted by molar-refractivity contribution is 0.255. The van der Waals surface area contributed by atoms with Crippen LogP contribution in [0.1, 0.15) is 54.0 Å². The molecule has 1 aromatic carbocycles. The second-order valence-electron chi connectivity index (χ2n) is 8.34. The number of rotatable bonds is 9. The van der Waals surface area contributed by atoms with Crippen LogP contribution in [0.3, 0.4) is 0 Å². The summed E-state index contributed by atoms with van der Waals surface area (Å²) in [6, 6.07) is 6.18. The van der Waals surface area contributed by atoms with Gasteiger partial charge in [-0.15, -0.1) is 0 Å². The molecule has 3 nitrogen and oxygen atoms in total. The zero-order valence-electron chi connectivity index (χ0n) is 16.0. The zero-order chi connectivity index (χ0) is 17.5. The summed E-state index contributed by atoms with van der Waals surface area (Å²) in [6.45, 7) is 18.6. The van der Waals surface area contributed by atoms with E-state index in [2.05, 4.69) is 59.8 Å². The first-order chi connectivity index (χ1) is 10.7. The van der Waals surface area contributed by atoms with Gasteiger partial charge in [0, 0.05) is 24.7 Å². The molecule has 1 N–H and O–H groups in total. The van der Waals surface area contributed by atoms with Crippen LogP contribution in [0.4, 0.5) is 0 Å². The van der Waals surface area contributed by atoms with Crippen molar-refractivity contribution in [3.63, 3.8) is 0 Å². The van der Waals surface area contributed by atoms with Gasteiger partial charge >= 0.3 is 0 Å². The molecule has 0 saturated carbocycles. The number of benzene rings is 1. The van der Waals surface area contributed by atoms with Crippen LogP contribution in [-0.2, 0) is 6.54 Å². The van der Waals surface area contributed by atoms with Gasteiger partial charge in [-0.25, -0.2) is 0 Å². The quantitative estimate of drug-likeness (QED) is 0.702. The van der Waals surface area contributed by atoms with Gasteiger partial charge in [-0.1, -0.05) is 54.5 Å². The monoisotopic (exact) mass is 321 g/mol. The predicted octanol–water partition coefficient (Wildman–Crippen LogP) is 4.89. The highest BCUT2D eigenvalue weighted by molar-refractivity contribution is 5.40. The van der Waals surface area contributed by atoms with Crippen molar-refractivity contribution in [2.75, 3.05) is 19.8 Å². The molecule has 0 aromatic heterocycles. The lowest BCUT2D eigenvalue weighted by atomic mass is 9.97. The molecule has 0 unspecified atom stereocenters. The molecule has 0 bridgehead atoms. The minimum absolute atomic E-state index is 0.277. The third kappa shape index (κ3) is 8.85. The van der Waals surface area contributed by atoms with E-state index < -0.39 is 0 Å². The average Bonchev–Trinajstić information content (AvgIpc) is 2.42. The fourth-order valence-electron chi connectivity index (χ4n) is 2.00. The second kappa shape index (κ2) is 9.17. The maximum atomic E-state index is 6.01. The van der Waals surface area contributed by atoms with Crippen LogP contribution in [0.25, 0.3) is 0 Å². The third-order valence-corrected chi connectivity index (χ3v) is 3.16. The van der Waals surface area contributed by atoms with Crippen LogP contribution in [-0.4, -0.2) is 19.8 Å². The van der Waals surface area contributed by atoms with E-state index in [9.17, 15) is 0 Å². The maximum absolute atomic E-state index is 6.01. The van der Waals surface area contributed by atoms with Gasteiger partial charge in [0.25, 0.3) is 0 Å². The average molecular weight is 322 g/mol. The van der Waals surface area contributed by atoms with Crippen molar-refractivity contribution in [3.8, 4) is 11.5 Å². The van der Waals surface area contributed by atoms with E-state index in [1.165, 1.54) is 5.56 Å². The van der Waals surface area contributed by atoms with Crippen LogP contribution in [0.2, 0.25) is 0 Å². The highest BCUT2D eigenvalue weighted by atomic mass is 16.5. The third-order valence-electron chi connectivity index (χ3n) is 3.16. The zero-order valence-corrected chi connectivity index (χ0v) is 16.0. The van der Waals surface area contributed by atoms with Gasteiger partial charge in [0.15, 0.2) is 0 Å². The van der Waals surface area contributed by atoms with Gasteiger partial charge in [-0.2, -0.15) is 0 Å². The Kier molecular flexibility index (Phi) is 7.90. The van der Waals surface area contributed by atoms with Gasteiger partial charge in [0.2, 0.25) is 0 Å². The lowest BCUT2D eigenvalue weighted by Gasteiger charge is -2.20. The van der Waals surface area contributed by atoms with Gasteiger partial charge in [-0.05, 0) is 23.3 Å². The molecule has 0 radical (unpaired) electrons. The Hall–Kier alpha value is -1.22. The van der Waals surface area contributed by atoms with Crippen molar-refractivity contribution in [3.05, 3.63) is 23.8 Å². The molecule has 0 aliphatic heterocycles. The van der Waals surface area contributed by atoms with Crippen molar-refractivity contribution in [2.45, 2.75) is 55.0 Å². The normalized spacial score (nSPS) is 12.0. The molecular weight excluding hydrogens is 286 g/mol. The van der Waals surface area contributed by atoms with E-state index in [1.54, 1.807) is 0 Å². The molecule has 0 fully saturated rings. The van der Waals surface area contributed by atoms with Crippen LogP contribution in [0, 0.1) is 17.3 Å². The molecule has 3 heteroatoms. The van der Waals surface area contributed by atoms with E-state index in [0.29, 0.717) is 11.8 Å². The van der Waals surface area contributed by atoms with Crippen LogP contribution in [0.15, 0.2) is 18.2 Å². The summed E-state index contributed by atoms with van der Waals surface area (Å²) in [5, 5.41) is 3.52. The summed E-state index contributed by atoms with van der Waals surface area (Å²) < 4.78 is 11.8. The molecule has 0 amide bonds. The number of ether oxygens (including phenoxy) is 2. The Morgan fingerprint density at radius 3 is 2.13 bits per heavy atom. The van der Waals surface area contributed by atoms with E-state index >= 15 is 0 Å². The van der Waals surface area contributed by atoms with Crippen LogP contribution in [0.5, 0.6) is 11.5 Å². The fraction of sp³-hybridized carbons (Fsp3) is 0.700. The van der Waals surface area contributed by atoms with Gasteiger partial charge in [0.1, 0.15) is 11.5 Å². The highest BCUT2D eigenvalue weighted by Gasteiger charge is 2.12. The van der Waals surface area contributed by atoms with Crippen LogP contribution < -0.4 is 14.8 Å². The smallest absolute Gasteiger partial charge is 0.127 e. The molecule has 1 rings (SSSR count). The summed E-state index contributed by atoms with van der Waals surface area (Å²) in [7, 11) is 0. The molecular formula is C20H35NO2. The molecule has 0 aliphatic rings. The summed E-state index contributed by atoms with van der Waals surface area (Å²) in [6.07, 6.45) is 0. The molecule has 0 atom stereocenters. The molecule has 1 aromatic rings. The van der Waals surface area contributed by atoms with E-state index in [1.807, 2.05) is 12.1 Å². The van der Waals surface area contributed by atoms with Crippen molar-refractivity contribution in [1.82, 2.24) is 5.32 Å². The molecule has 0 heterocycles. The Labute approximate surface area is 142 Å². The Morgan fingerprint density at radius 1 is 0.957 bits per heavy atom. The van der Waals surface area contributed by atoms with Crippen LogP contribution >= 0.6 is 0 Å². The summed E-state index contributed by atoms with van der Waals surface area (Å²) in [5.41, 5.74) is 1.46. The first kappa shape index (κ1) is 19.8. The maximum Gasteiger partial charge on any atom is 0.127 e. The molecule has 0 spiro atoms. The van der Waals surface area contributed by atoms with Gasteiger partial charge in [-0.3, -0.25) is 0 Å². The summed E-state index contributed by atoms with van der Waals surface area (Å²) >= 11 is 0. The lowest BCUT2D eigenvalue weighted by Crippen LogP contribution is -2.26. The largest absolute Gasteiger partial charge is 0.493 e. The molecule has 0 aliphatic carbocycles. The highest BCUT2D eigenvalue weighted by Crippen LogP contribution is 2.26. The topological polar surface area (TPSA) is 30.5 Å². The minimum atomic E-state index is 0.277. The van der Waals surface area contributed by atoms with Crippen molar-refractivity contribution in [1.29, 1.82) is 0 Å². The number of nitrogens with one attached hydrogen (secondary N) is 1. The second-order valence-corrected chi connectivity index (χ2v) is 8.34. The van der Waals surface area contributed by atoms with E-state index in [-0.39, 0.29) is 5.41 Å². The Balaban J connectivity index is 2.76. The Morgan fingerprint density at radius 2 is 1.57 bits per heavy atom. The first-order valence-corrected chi connectivity index (χ1v) is 8.76. The van der Waals surface area contributed by atoms with E-state index in [0.717, 1.165) is 37.8 Å². The summed E-state index contributed by atoms with van der Waals surface area (Å²) in [4.78, 5) is 0. The number of hydrogen-bond donors (Lipinski definition) is 1. The summed E-state index contributed by atoms with van der Waals surface area (Å²) in [5.74, 6) is 2.84. The minimum Gasteiger partial charge on any atom is -0.493 e. The first-order valence-electron chi connectivity index (χ1n) is 8.76. The molecule has 0 saturated heterocycles. The van der Waals surface area contributed by atoms with Crippen molar-refractivity contribution < 1.29 is 9.47 Å². The molecule has 132 valence electrons. The van der Waals surface area contributed by atoms with Gasteiger partial charge < -0.3 is 14.8 Å². The van der Waals surface area contributed by atoms with Crippen molar-refractivity contribution >= 4 is 0 Å². The fourth-order valence-corrected chi connectivity index (χ4v) is 2.00. The van der Waals surface area contributed by atoms with Gasteiger partial charge in [0.05, 0.1) is 13.2 Å². The number of hydrogen-bond acceptors (Lipinski definition) is 3. The predicted molar refractivity (Wildman–Crippen MR) is 98.3 cm³/mol. The standard InChI is InChI=1S/C20H35NO2/c1-15(2)12-22-18-9-8-17(11-21-14-20(5,6)7)19(10-18)23-13-16(3)4/h8-10,15-16,21H,11-14H2,1-7H3. The van der Waals surface area contributed by atoms with E-state index in [4.69, 9.17) is 9.47 Å². The Bertz CT molecular complexity index is 461. The SMILES string of the molecule is CC(C)COc1ccc(CNCC(C)(C)C)c(OCC(C)C)c1. The molecule has 23 heavy (non-hydrogen) atoms.